The first kappa shape index (κ1) is 19.1. The summed E-state index contributed by atoms with van der Waals surface area (Å²) in [5, 5.41) is 12.5. The van der Waals surface area contributed by atoms with Crippen molar-refractivity contribution in [1.29, 1.82) is 0 Å². The van der Waals surface area contributed by atoms with Crippen LogP contribution >= 0.6 is 0 Å². The molecule has 2 N–H and O–H groups in total. The molecule has 7 nitrogen and oxygen atoms in total. The zero-order valence-electron chi connectivity index (χ0n) is 14.8. The summed E-state index contributed by atoms with van der Waals surface area (Å²) < 4.78 is 15.2. The van der Waals surface area contributed by atoms with Crippen molar-refractivity contribution < 1.29 is 28.9 Å². The average molecular weight is 359 g/mol. The van der Waals surface area contributed by atoms with Gasteiger partial charge < -0.3 is 24.6 Å². The first-order chi connectivity index (χ1) is 12.4. The molecule has 2 aromatic carbocycles. The van der Waals surface area contributed by atoms with Crippen molar-refractivity contribution >= 4 is 11.9 Å². The maximum absolute atomic E-state index is 12.2. The molecular formula is C19H21NO6. The highest BCUT2D eigenvalue weighted by Gasteiger charge is 2.21. The van der Waals surface area contributed by atoms with E-state index in [4.69, 9.17) is 14.2 Å². The number of rotatable bonds is 7. The molecule has 0 unspecified atom stereocenters. The smallest absolute Gasteiger partial charge is 0.342 e. The quantitative estimate of drug-likeness (QED) is 0.737. The predicted octanol–water partition coefficient (Wildman–Crippen LogP) is 2.27. The molecule has 1 atom stereocenters. The highest BCUT2D eigenvalue weighted by atomic mass is 16.5. The van der Waals surface area contributed by atoms with E-state index in [0.29, 0.717) is 5.75 Å². The van der Waals surface area contributed by atoms with Crippen LogP contribution in [0.4, 0.5) is 0 Å². The Morgan fingerprint density at radius 1 is 1.04 bits per heavy atom. The van der Waals surface area contributed by atoms with Gasteiger partial charge in [0.15, 0.2) is 6.10 Å². The third-order valence-corrected chi connectivity index (χ3v) is 3.70. The van der Waals surface area contributed by atoms with Crippen LogP contribution in [-0.2, 0) is 16.1 Å². The molecule has 0 aliphatic carbocycles. The van der Waals surface area contributed by atoms with Crippen LogP contribution < -0.4 is 14.8 Å². The number of hydrogen-bond acceptors (Lipinski definition) is 6. The van der Waals surface area contributed by atoms with Gasteiger partial charge in [-0.1, -0.05) is 12.1 Å². The van der Waals surface area contributed by atoms with Crippen LogP contribution in [0.25, 0.3) is 0 Å². The zero-order valence-corrected chi connectivity index (χ0v) is 14.8. The number of phenolic OH excluding ortho intramolecular Hbond substituents is 1. The van der Waals surface area contributed by atoms with Crippen LogP contribution in [0.15, 0.2) is 42.5 Å². The lowest BCUT2D eigenvalue weighted by Crippen LogP contribution is -2.35. The van der Waals surface area contributed by atoms with Gasteiger partial charge in [0.2, 0.25) is 0 Å². The van der Waals surface area contributed by atoms with E-state index in [1.807, 2.05) is 12.1 Å². The van der Waals surface area contributed by atoms with Gasteiger partial charge in [-0.25, -0.2) is 4.79 Å². The molecule has 7 heteroatoms. The lowest BCUT2D eigenvalue weighted by atomic mass is 10.2. The summed E-state index contributed by atoms with van der Waals surface area (Å²) in [7, 11) is 3.02. The lowest BCUT2D eigenvalue weighted by molar-refractivity contribution is -0.129. The summed E-state index contributed by atoms with van der Waals surface area (Å²) in [6.45, 7) is 1.74. The second kappa shape index (κ2) is 8.75. The first-order valence-corrected chi connectivity index (χ1v) is 7.93. The molecule has 0 fully saturated rings. The van der Waals surface area contributed by atoms with E-state index < -0.39 is 18.0 Å². The first-order valence-electron chi connectivity index (χ1n) is 7.93. The molecule has 26 heavy (non-hydrogen) atoms. The number of methoxy groups -OCH3 is 2. The number of carbonyl (C=O) groups is 2. The minimum Gasteiger partial charge on any atom is -0.507 e. The molecule has 2 aromatic rings. The largest absolute Gasteiger partial charge is 0.507 e. The van der Waals surface area contributed by atoms with Gasteiger partial charge in [0, 0.05) is 6.54 Å². The maximum Gasteiger partial charge on any atom is 0.342 e. The Kier molecular flexibility index (Phi) is 6.43. The van der Waals surface area contributed by atoms with Gasteiger partial charge in [0.25, 0.3) is 5.91 Å². The number of phenols is 1. The maximum atomic E-state index is 12.2. The average Bonchev–Trinajstić information content (AvgIpc) is 2.66. The third-order valence-electron chi connectivity index (χ3n) is 3.70. The molecule has 0 spiro atoms. The van der Waals surface area contributed by atoms with Crippen LogP contribution in [0.3, 0.4) is 0 Å². The molecule has 0 bridgehead atoms. The van der Waals surface area contributed by atoms with Crippen LogP contribution in [-0.4, -0.2) is 37.3 Å². The number of esters is 1. The second-order valence-corrected chi connectivity index (χ2v) is 5.50. The Labute approximate surface area is 151 Å². The summed E-state index contributed by atoms with van der Waals surface area (Å²) in [5.41, 5.74) is 0.808. The minimum atomic E-state index is -1.02. The summed E-state index contributed by atoms with van der Waals surface area (Å²) >= 11 is 0. The molecule has 0 aliphatic heterocycles. The highest BCUT2D eigenvalue weighted by molar-refractivity contribution is 5.95. The topological polar surface area (TPSA) is 94.1 Å². The van der Waals surface area contributed by atoms with Gasteiger partial charge in [0.05, 0.1) is 14.2 Å². The fraction of sp³-hybridized carbons (Fsp3) is 0.263. The predicted molar refractivity (Wildman–Crippen MR) is 94.4 cm³/mol. The van der Waals surface area contributed by atoms with Crippen LogP contribution in [0.2, 0.25) is 0 Å². The van der Waals surface area contributed by atoms with Crippen molar-refractivity contribution in [3.05, 3.63) is 53.6 Å². The van der Waals surface area contributed by atoms with Gasteiger partial charge in [-0.3, -0.25) is 4.79 Å². The van der Waals surface area contributed by atoms with Gasteiger partial charge in [-0.2, -0.15) is 0 Å². The van der Waals surface area contributed by atoms with Crippen molar-refractivity contribution in [2.75, 3.05) is 14.2 Å². The van der Waals surface area contributed by atoms with E-state index in [-0.39, 0.29) is 17.9 Å². The van der Waals surface area contributed by atoms with E-state index >= 15 is 0 Å². The molecule has 0 saturated heterocycles. The van der Waals surface area contributed by atoms with Crippen molar-refractivity contribution in [2.45, 2.75) is 19.6 Å². The standard InChI is InChI=1S/C19H21NO6/c1-12(18(22)20-11-13-4-6-14(24-2)7-5-13)26-19(23)16-10-15(25-3)8-9-17(16)21/h4-10,12,21H,11H2,1-3H3,(H,20,22)/t12-/m0/s1. The molecule has 0 aromatic heterocycles. The Morgan fingerprint density at radius 2 is 1.65 bits per heavy atom. The van der Waals surface area contributed by atoms with E-state index in [1.54, 1.807) is 19.2 Å². The fourth-order valence-electron chi connectivity index (χ4n) is 2.16. The molecule has 1 amide bonds. The third kappa shape index (κ3) is 4.89. The number of nitrogens with one attached hydrogen (secondary N) is 1. The number of carbonyl (C=O) groups excluding carboxylic acids is 2. The Bertz CT molecular complexity index is 772. The highest BCUT2D eigenvalue weighted by Crippen LogP contribution is 2.24. The molecule has 0 heterocycles. The van der Waals surface area contributed by atoms with E-state index in [1.165, 1.54) is 32.2 Å². The zero-order chi connectivity index (χ0) is 19.1. The number of benzene rings is 2. The number of amides is 1. The minimum absolute atomic E-state index is 0.0702. The number of ether oxygens (including phenoxy) is 3. The molecule has 138 valence electrons. The lowest BCUT2D eigenvalue weighted by Gasteiger charge is -2.14. The summed E-state index contributed by atoms with van der Waals surface area (Å²) in [5.74, 6) is -0.390. The molecule has 0 radical (unpaired) electrons. The second-order valence-electron chi connectivity index (χ2n) is 5.50. The Balaban J connectivity index is 1.92. The molecule has 2 rings (SSSR count). The normalized spacial score (nSPS) is 11.3. The summed E-state index contributed by atoms with van der Waals surface area (Å²) in [4.78, 5) is 24.3. The van der Waals surface area contributed by atoms with E-state index in [9.17, 15) is 14.7 Å². The van der Waals surface area contributed by atoms with Crippen molar-refractivity contribution in [2.24, 2.45) is 0 Å². The number of aromatic hydroxyl groups is 1. The molecule has 0 saturated carbocycles. The number of hydrogen-bond donors (Lipinski definition) is 2. The van der Waals surface area contributed by atoms with Gasteiger partial charge >= 0.3 is 5.97 Å². The van der Waals surface area contributed by atoms with Crippen molar-refractivity contribution in [3.63, 3.8) is 0 Å². The SMILES string of the molecule is COc1ccc(CNC(=O)[C@H](C)OC(=O)c2cc(OC)ccc2O)cc1. The van der Waals surface area contributed by atoms with E-state index in [2.05, 4.69) is 5.32 Å². The fourth-order valence-corrected chi connectivity index (χ4v) is 2.16. The van der Waals surface area contributed by atoms with Gasteiger partial charge in [-0.15, -0.1) is 0 Å². The van der Waals surface area contributed by atoms with Crippen molar-refractivity contribution in [1.82, 2.24) is 5.32 Å². The van der Waals surface area contributed by atoms with Crippen molar-refractivity contribution in [3.8, 4) is 17.2 Å². The van der Waals surface area contributed by atoms with Crippen LogP contribution in [0, 0.1) is 0 Å². The Morgan fingerprint density at radius 3 is 2.27 bits per heavy atom. The van der Waals surface area contributed by atoms with Crippen LogP contribution in [0.1, 0.15) is 22.8 Å². The summed E-state index contributed by atoms with van der Waals surface area (Å²) in [6, 6.07) is 11.4. The van der Waals surface area contributed by atoms with Crippen LogP contribution in [0.5, 0.6) is 17.2 Å². The molecular weight excluding hydrogens is 338 g/mol. The van der Waals surface area contributed by atoms with Gasteiger partial charge in [0.1, 0.15) is 22.8 Å². The summed E-state index contributed by atoms with van der Waals surface area (Å²) in [6.07, 6.45) is -1.02. The Hall–Kier alpha value is -3.22. The van der Waals surface area contributed by atoms with E-state index in [0.717, 1.165) is 11.3 Å². The monoisotopic (exact) mass is 359 g/mol. The van der Waals surface area contributed by atoms with Gasteiger partial charge in [-0.05, 0) is 42.8 Å². The molecule has 0 aliphatic rings.